The predicted octanol–water partition coefficient (Wildman–Crippen LogP) is 2.71. The number of aromatic nitrogens is 1. The number of para-hydroxylation sites is 1. The Kier molecular flexibility index (Phi) is 2.83. The van der Waals surface area contributed by atoms with E-state index in [2.05, 4.69) is 15.9 Å². The molecule has 0 aliphatic heterocycles. The van der Waals surface area contributed by atoms with Crippen LogP contribution in [0, 0.1) is 0 Å². The topological polar surface area (TPSA) is 52.2 Å². The third-order valence-corrected chi connectivity index (χ3v) is 3.31. The molecule has 0 saturated heterocycles. The van der Waals surface area contributed by atoms with Gasteiger partial charge in [0.15, 0.2) is 0 Å². The lowest BCUT2D eigenvalue weighted by atomic mass is 10.2. The van der Waals surface area contributed by atoms with Crippen molar-refractivity contribution in [1.82, 2.24) is 4.57 Å². The molecule has 1 heterocycles. The number of rotatable bonds is 1. The van der Waals surface area contributed by atoms with Crippen molar-refractivity contribution < 1.29 is 4.42 Å². The van der Waals surface area contributed by atoms with E-state index in [4.69, 9.17) is 4.42 Å². The van der Waals surface area contributed by atoms with Gasteiger partial charge in [0.2, 0.25) is 0 Å². The zero-order chi connectivity index (χ0) is 13.4. The molecule has 0 fully saturated rings. The molecule has 0 atom stereocenters. The van der Waals surface area contributed by atoms with Gasteiger partial charge >= 0.3 is 5.76 Å². The highest BCUT2D eigenvalue weighted by atomic mass is 79.9. The molecule has 0 spiro atoms. The highest BCUT2D eigenvalue weighted by Crippen LogP contribution is 2.13. The van der Waals surface area contributed by atoms with Crippen molar-refractivity contribution in [3.05, 3.63) is 73.9 Å². The van der Waals surface area contributed by atoms with Gasteiger partial charge in [-0.1, -0.05) is 28.1 Å². The predicted molar refractivity (Wildman–Crippen MR) is 75.8 cm³/mol. The molecule has 0 N–H and O–H groups in total. The summed E-state index contributed by atoms with van der Waals surface area (Å²) in [6.07, 6.45) is 0. The Morgan fingerprint density at radius 1 is 0.947 bits per heavy atom. The molecule has 2 aromatic carbocycles. The van der Waals surface area contributed by atoms with Crippen LogP contribution in [0.1, 0.15) is 0 Å². The van der Waals surface area contributed by atoms with E-state index in [1.165, 1.54) is 0 Å². The average molecular weight is 318 g/mol. The van der Waals surface area contributed by atoms with Gasteiger partial charge in [-0.15, -0.1) is 0 Å². The Hall–Kier alpha value is -2.14. The lowest BCUT2D eigenvalue weighted by Gasteiger charge is -2.05. The van der Waals surface area contributed by atoms with Gasteiger partial charge in [0.1, 0.15) is 5.58 Å². The van der Waals surface area contributed by atoms with Crippen molar-refractivity contribution >= 4 is 26.9 Å². The monoisotopic (exact) mass is 317 g/mol. The molecular formula is C14H8BrNO3. The Morgan fingerprint density at radius 3 is 2.37 bits per heavy atom. The summed E-state index contributed by atoms with van der Waals surface area (Å²) in [5, 5.41) is 0.380. The highest BCUT2D eigenvalue weighted by Gasteiger charge is 2.10. The fraction of sp³-hybridized carbons (Fsp3) is 0. The number of benzene rings is 2. The van der Waals surface area contributed by atoms with Crippen LogP contribution in [0.2, 0.25) is 0 Å². The van der Waals surface area contributed by atoms with Crippen LogP contribution >= 0.6 is 15.9 Å². The van der Waals surface area contributed by atoms with E-state index in [1.807, 2.05) is 0 Å². The summed E-state index contributed by atoms with van der Waals surface area (Å²) >= 11 is 3.31. The van der Waals surface area contributed by atoms with Crippen molar-refractivity contribution in [3.8, 4) is 5.69 Å². The van der Waals surface area contributed by atoms with Gasteiger partial charge < -0.3 is 4.42 Å². The number of hydrogen-bond donors (Lipinski definition) is 0. The molecule has 0 radical (unpaired) electrons. The summed E-state index contributed by atoms with van der Waals surface area (Å²) < 4.78 is 7.05. The van der Waals surface area contributed by atoms with Crippen molar-refractivity contribution in [2.45, 2.75) is 0 Å². The summed E-state index contributed by atoms with van der Waals surface area (Å²) in [6, 6.07) is 13.6. The quantitative estimate of drug-likeness (QED) is 0.693. The normalized spacial score (nSPS) is 10.8. The SMILES string of the molecule is O=c1oc2ccccc2c(=O)n1-c1ccc(Br)cc1. The molecule has 5 heteroatoms. The van der Waals surface area contributed by atoms with E-state index in [0.717, 1.165) is 9.04 Å². The first-order valence-electron chi connectivity index (χ1n) is 5.58. The first-order valence-corrected chi connectivity index (χ1v) is 6.37. The van der Waals surface area contributed by atoms with Gasteiger partial charge in [-0.3, -0.25) is 4.79 Å². The van der Waals surface area contributed by atoms with Crippen LogP contribution < -0.4 is 11.3 Å². The molecule has 94 valence electrons. The van der Waals surface area contributed by atoms with Gasteiger partial charge in [0.25, 0.3) is 5.56 Å². The molecule has 0 unspecified atom stereocenters. The Bertz CT molecular complexity index is 862. The summed E-state index contributed by atoms with van der Waals surface area (Å²) in [6.45, 7) is 0. The lowest BCUT2D eigenvalue weighted by molar-refractivity contribution is 0.504. The first-order chi connectivity index (χ1) is 9.16. The number of halogens is 1. The average Bonchev–Trinajstić information content (AvgIpc) is 2.41. The largest absolute Gasteiger partial charge is 0.426 e. The van der Waals surface area contributed by atoms with Crippen LogP contribution in [0.4, 0.5) is 0 Å². The smallest absolute Gasteiger partial charge is 0.409 e. The fourth-order valence-corrected chi connectivity index (χ4v) is 2.15. The minimum absolute atomic E-state index is 0.297. The van der Waals surface area contributed by atoms with Crippen LogP contribution in [0.5, 0.6) is 0 Å². The third-order valence-electron chi connectivity index (χ3n) is 2.79. The lowest BCUT2D eigenvalue weighted by Crippen LogP contribution is -2.30. The molecular weight excluding hydrogens is 310 g/mol. The molecule has 3 aromatic rings. The maximum Gasteiger partial charge on any atom is 0.426 e. The maximum absolute atomic E-state index is 12.3. The first kappa shape index (κ1) is 11.9. The molecule has 4 nitrogen and oxygen atoms in total. The molecule has 0 saturated carbocycles. The van der Waals surface area contributed by atoms with E-state index < -0.39 is 5.76 Å². The zero-order valence-electron chi connectivity index (χ0n) is 9.67. The summed E-state index contributed by atoms with van der Waals surface area (Å²) in [4.78, 5) is 24.2. The molecule has 0 aliphatic rings. The Labute approximate surface area is 116 Å². The second kappa shape index (κ2) is 4.51. The number of nitrogens with zero attached hydrogens (tertiary/aromatic N) is 1. The van der Waals surface area contributed by atoms with Gasteiger partial charge in [-0.05, 0) is 36.4 Å². The van der Waals surface area contributed by atoms with Crippen molar-refractivity contribution in [2.75, 3.05) is 0 Å². The van der Waals surface area contributed by atoms with Crippen LogP contribution in [-0.4, -0.2) is 4.57 Å². The van der Waals surface area contributed by atoms with Crippen LogP contribution in [0.3, 0.4) is 0 Å². The minimum atomic E-state index is -0.689. The van der Waals surface area contributed by atoms with Crippen molar-refractivity contribution in [1.29, 1.82) is 0 Å². The van der Waals surface area contributed by atoms with Crippen LogP contribution in [0.25, 0.3) is 16.7 Å². The van der Waals surface area contributed by atoms with Crippen molar-refractivity contribution in [2.24, 2.45) is 0 Å². The molecule has 0 aliphatic carbocycles. The molecule has 3 rings (SSSR count). The zero-order valence-corrected chi connectivity index (χ0v) is 11.3. The molecule has 19 heavy (non-hydrogen) atoms. The van der Waals surface area contributed by atoms with E-state index in [0.29, 0.717) is 16.7 Å². The third kappa shape index (κ3) is 2.02. The van der Waals surface area contributed by atoms with E-state index in [9.17, 15) is 9.59 Å². The van der Waals surface area contributed by atoms with Crippen LogP contribution in [0.15, 0.2) is 67.0 Å². The summed E-state index contributed by atoms with van der Waals surface area (Å²) in [7, 11) is 0. The highest BCUT2D eigenvalue weighted by molar-refractivity contribution is 9.10. The van der Waals surface area contributed by atoms with Crippen molar-refractivity contribution in [3.63, 3.8) is 0 Å². The molecule has 0 bridgehead atoms. The molecule has 1 aromatic heterocycles. The number of fused-ring (bicyclic) bond motifs is 1. The standard InChI is InChI=1S/C14H8BrNO3/c15-9-5-7-10(8-6-9)16-13(17)11-3-1-2-4-12(11)19-14(16)18/h1-8H. The van der Waals surface area contributed by atoms with E-state index >= 15 is 0 Å². The summed E-state index contributed by atoms with van der Waals surface area (Å²) in [5.41, 5.74) is 0.396. The van der Waals surface area contributed by atoms with Gasteiger partial charge in [-0.2, -0.15) is 0 Å². The second-order valence-electron chi connectivity index (χ2n) is 3.98. The van der Waals surface area contributed by atoms with Crippen LogP contribution in [-0.2, 0) is 0 Å². The van der Waals surface area contributed by atoms with Gasteiger partial charge in [0, 0.05) is 4.47 Å². The minimum Gasteiger partial charge on any atom is -0.409 e. The van der Waals surface area contributed by atoms with E-state index in [-0.39, 0.29) is 5.56 Å². The molecule has 0 amide bonds. The Balaban J connectivity index is 2.39. The van der Waals surface area contributed by atoms with E-state index in [1.54, 1.807) is 48.5 Å². The number of hydrogen-bond acceptors (Lipinski definition) is 3. The summed E-state index contributed by atoms with van der Waals surface area (Å²) in [5.74, 6) is -0.689. The van der Waals surface area contributed by atoms with Gasteiger partial charge in [-0.25, -0.2) is 9.36 Å². The van der Waals surface area contributed by atoms with Gasteiger partial charge in [0.05, 0.1) is 11.1 Å². The maximum atomic E-state index is 12.3. The second-order valence-corrected chi connectivity index (χ2v) is 4.90. The Morgan fingerprint density at radius 2 is 1.63 bits per heavy atom. The fourth-order valence-electron chi connectivity index (χ4n) is 1.89.